The molecule has 4 N–H and O–H groups in total. The van der Waals surface area contributed by atoms with Crippen LogP contribution in [0.15, 0.2) is 18.2 Å². The van der Waals surface area contributed by atoms with Crippen LogP contribution in [0, 0.1) is 12.8 Å². The number of fused-ring (bicyclic) bond motifs is 1. The average Bonchev–Trinajstić information content (AvgIpc) is 3.52. The number of hydrogen-bond acceptors (Lipinski definition) is 6. The third-order valence-corrected chi connectivity index (χ3v) is 8.00. The molecule has 0 radical (unpaired) electrons. The predicted octanol–water partition coefficient (Wildman–Crippen LogP) is 2.79. The minimum Gasteiger partial charge on any atom is -0.384 e. The summed E-state index contributed by atoms with van der Waals surface area (Å²) in [5.74, 6) is -0.0696. The van der Waals surface area contributed by atoms with Gasteiger partial charge >= 0.3 is 5.91 Å². The zero-order valence-electron chi connectivity index (χ0n) is 21.9. The Kier molecular flexibility index (Phi) is 6.35. The maximum Gasteiger partial charge on any atom is 0.345 e. The van der Waals surface area contributed by atoms with E-state index in [-0.39, 0.29) is 17.4 Å². The van der Waals surface area contributed by atoms with Crippen LogP contribution < -0.4 is 11.1 Å². The number of carbonyl (C=O) groups excluding carboxylic acids is 3. The highest BCUT2D eigenvalue weighted by molar-refractivity contribution is 5.99. The number of likely N-dealkylation sites (tertiary alicyclic amines) is 1. The van der Waals surface area contributed by atoms with Crippen LogP contribution in [-0.4, -0.2) is 74.0 Å². The Morgan fingerprint density at radius 1 is 1.30 bits per heavy atom. The summed E-state index contributed by atoms with van der Waals surface area (Å²) in [6, 6.07) is 5.29. The first-order valence-electron chi connectivity index (χ1n) is 13.2. The Bertz CT molecular complexity index is 1260. The normalized spacial score (nSPS) is 22.9. The number of nitrogens with one attached hydrogen (secondary N) is 1. The predicted molar refractivity (Wildman–Crippen MR) is 137 cm³/mol. The molecule has 1 saturated heterocycles. The molecule has 1 aromatic heterocycles. The minimum absolute atomic E-state index is 0.0338. The molecule has 3 aliphatic rings. The van der Waals surface area contributed by atoms with E-state index in [1.165, 1.54) is 12.8 Å². The molecule has 3 amide bonds. The van der Waals surface area contributed by atoms with E-state index in [1.54, 1.807) is 12.1 Å². The number of anilines is 1. The molecular formula is C27H37N6O4+. The molecule has 2 aliphatic heterocycles. The van der Waals surface area contributed by atoms with Gasteiger partial charge in [0.15, 0.2) is 0 Å². The molecule has 37 heavy (non-hydrogen) atoms. The molecule has 0 spiro atoms. The Hall–Kier alpha value is -3.24. The van der Waals surface area contributed by atoms with Gasteiger partial charge in [0.25, 0.3) is 11.8 Å². The Balaban J connectivity index is 1.40. The quantitative estimate of drug-likeness (QED) is 0.271. The highest BCUT2D eigenvalue weighted by atomic mass is 16.6. The Labute approximate surface area is 216 Å². The van der Waals surface area contributed by atoms with Crippen molar-refractivity contribution in [3.05, 3.63) is 40.7 Å². The van der Waals surface area contributed by atoms with E-state index >= 15 is 0 Å². The second kappa shape index (κ2) is 9.25. The summed E-state index contributed by atoms with van der Waals surface area (Å²) in [7, 11) is 0. The van der Waals surface area contributed by atoms with Gasteiger partial charge in [0.2, 0.25) is 0 Å². The molecule has 3 heterocycles. The largest absolute Gasteiger partial charge is 0.384 e. The number of quaternary nitrogens is 1. The first kappa shape index (κ1) is 25.4. The fourth-order valence-corrected chi connectivity index (χ4v) is 5.68. The number of rotatable bonds is 9. The lowest BCUT2D eigenvalue weighted by Crippen LogP contribution is -2.53. The van der Waals surface area contributed by atoms with E-state index in [0.29, 0.717) is 73.7 Å². The van der Waals surface area contributed by atoms with E-state index in [0.717, 1.165) is 17.9 Å². The van der Waals surface area contributed by atoms with Crippen molar-refractivity contribution >= 4 is 23.4 Å². The average molecular weight is 510 g/mol. The number of hydrogen-bond donors (Lipinski definition) is 3. The summed E-state index contributed by atoms with van der Waals surface area (Å²) >= 11 is 0. The molecule has 0 bridgehead atoms. The Morgan fingerprint density at radius 3 is 2.70 bits per heavy atom. The van der Waals surface area contributed by atoms with Crippen molar-refractivity contribution in [2.45, 2.75) is 64.8 Å². The molecule has 10 nitrogen and oxygen atoms in total. The second-order valence-electron chi connectivity index (χ2n) is 11.4. The van der Waals surface area contributed by atoms with Gasteiger partial charge in [0.05, 0.1) is 34.6 Å². The molecule has 1 aliphatic carbocycles. The van der Waals surface area contributed by atoms with Crippen LogP contribution >= 0.6 is 0 Å². The van der Waals surface area contributed by atoms with Gasteiger partial charge in [-0.05, 0) is 57.7 Å². The number of primary amides is 1. The molecule has 1 aromatic carbocycles. The van der Waals surface area contributed by atoms with Gasteiger partial charge in [-0.25, -0.2) is 14.7 Å². The molecule has 2 aromatic rings. The van der Waals surface area contributed by atoms with Gasteiger partial charge in [-0.1, -0.05) is 0 Å². The van der Waals surface area contributed by atoms with E-state index < -0.39 is 10.6 Å². The molecule has 5 rings (SSSR count). The lowest BCUT2D eigenvalue weighted by Gasteiger charge is -2.42. The van der Waals surface area contributed by atoms with Crippen molar-refractivity contribution in [1.82, 2.24) is 14.7 Å². The zero-order chi connectivity index (χ0) is 26.5. The fourth-order valence-electron chi connectivity index (χ4n) is 5.68. The number of hydroxylamine groups is 3. The third-order valence-electron chi connectivity index (χ3n) is 8.00. The van der Waals surface area contributed by atoms with E-state index in [9.17, 15) is 19.6 Å². The summed E-state index contributed by atoms with van der Waals surface area (Å²) in [5, 5.41) is 18.5. The van der Waals surface area contributed by atoms with Crippen LogP contribution in [0.2, 0.25) is 0 Å². The summed E-state index contributed by atoms with van der Waals surface area (Å²) in [6.07, 6.45) is 4.68. The first-order valence-corrected chi connectivity index (χ1v) is 13.2. The number of amides is 3. The van der Waals surface area contributed by atoms with E-state index in [2.05, 4.69) is 19.2 Å². The van der Waals surface area contributed by atoms with Crippen LogP contribution in [0.1, 0.15) is 78.1 Å². The van der Waals surface area contributed by atoms with Gasteiger partial charge in [-0.2, -0.15) is 5.10 Å². The number of nitrogens with zero attached hydrogens (tertiary/aromatic N) is 4. The fraction of sp³-hybridized carbons (Fsp3) is 0.556. The second-order valence-corrected chi connectivity index (χ2v) is 11.4. The van der Waals surface area contributed by atoms with Crippen molar-refractivity contribution < 1.29 is 24.2 Å². The summed E-state index contributed by atoms with van der Waals surface area (Å²) in [5.41, 5.74) is 9.17. The van der Waals surface area contributed by atoms with Crippen molar-refractivity contribution in [3.8, 4) is 5.69 Å². The molecule has 198 valence electrons. The lowest BCUT2D eigenvalue weighted by molar-refractivity contribution is -1.03. The van der Waals surface area contributed by atoms with Crippen molar-refractivity contribution in [3.63, 3.8) is 0 Å². The van der Waals surface area contributed by atoms with Gasteiger partial charge < -0.3 is 16.0 Å². The molecule has 1 unspecified atom stereocenters. The number of carbonyl (C=O) groups is 3. The minimum atomic E-state index is -0.555. The van der Waals surface area contributed by atoms with Crippen molar-refractivity contribution in [1.29, 1.82) is 0 Å². The highest BCUT2D eigenvalue weighted by Gasteiger charge is 2.44. The summed E-state index contributed by atoms with van der Waals surface area (Å²) in [4.78, 5) is 39.7. The SMILES string of the molecule is Cc1nn(-c2ccc(C(N)=O)c(NCCC[N+]3(O)CCCC3=O)c2)c2c1C(=O)N(CC1CC1)C(C)(C)C2. The van der Waals surface area contributed by atoms with Gasteiger partial charge in [0, 0.05) is 43.6 Å². The maximum absolute atomic E-state index is 13.6. The van der Waals surface area contributed by atoms with Gasteiger partial charge in [0.1, 0.15) is 13.1 Å². The summed E-state index contributed by atoms with van der Waals surface area (Å²) in [6.45, 7) is 8.08. The van der Waals surface area contributed by atoms with Crippen molar-refractivity contribution in [2.24, 2.45) is 11.7 Å². The molecule has 1 atom stereocenters. The number of nitrogens with two attached hydrogens (primary N) is 1. The van der Waals surface area contributed by atoms with Crippen LogP contribution in [-0.2, 0) is 11.2 Å². The first-order chi connectivity index (χ1) is 17.5. The highest BCUT2D eigenvalue weighted by Crippen LogP contribution is 2.38. The van der Waals surface area contributed by atoms with Crippen LogP contribution in [0.25, 0.3) is 5.69 Å². The maximum atomic E-state index is 13.6. The van der Waals surface area contributed by atoms with Crippen molar-refractivity contribution in [2.75, 3.05) is 31.5 Å². The summed E-state index contributed by atoms with van der Waals surface area (Å²) < 4.78 is 1.29. The van der Waals surface area contributed by atoms with E-state index in [1.807, 2.05) is 22.6 Å². The number of aromatic nitrogens is 2. The topological polar surface area (TPSA) is 131 Å². The monoisotopic (exact) mass is 509 g/mol. The standard InChI is InChI=1S/C27H36N6O4/c1-17-24-22(15-27(2,3)31(26(24)36)16-18-7-8-18)32(30-17)19-9-10-20(25(28)35)21(14-19)29-11-5-13-33(37)12-4-6-23(33)34/h9-10,14,18,37H,4-8,11-13,15-16H2,1-3H3,(H2-,28,29,35)/p+1. The number of aryl methyl sites for hydroxylation is 1. The van der Waals surface area contributed by atoms with Crippen LogP contribution in [0.3, 0.4) is 0 Å². The molecule has 1 saturated carbocycles. The third kappa shape index (κ3) is 4.75. The Morgan fingerprint density at radius 2 is 2.05 bits per heavy atom. The number of benzene rings is 1. The zero-order valence-corrected chi connectivity index (χ0v) is 21.9. The van der Waals surface area contributed by atoms with Crippen LogP contribution in [0.4, 0.5) is 5.69 Å². The smallest absolute Gasteiger partial charge is 0.345 e. The lowest BCUT2D eigenvalue weighted by atomic mass is 9.87. The molecule has 2 fully saturated rings. The van der Waals surface area contributed by atoms with Crippen LogP contribution in [0.5, 0.6) is 0 Å². The molecular weight excluding hydrogens is 472 g/mol. The van der Waals surface area contributed by atoms with Gasteiger partial charge in [-0.15, -0.1) is 4.65 Å². The van der Waals surface area contributed by atoms with E-state index in [4.69, 9.17) is 10.8 Å². The van der Waals surface area contributed by atoms with Gasteiger partial charge in [-0.3, -0.25) is 9.59 Å². The molecule has 10 heteroatoms.